The van der Waals surface area contributed by atoms with Gasteiger partial charge in [0, 0.05) is 25.8 Å². The van der Waals surface area contributed by atoms with Crippen LogP contribution in [0.3, 0.4) is 0 Å². The first kappa shape index (κ1) is 13.4. The molecule has 1 atom stereocenters. The molecule has 4 heteroatoms. The number of hydrogen-bond acceptors (Lipinski definition) is 3. The predicted octanol–water partition coefficient (Wildman–Crippen LogP) is 2.26. The molecule has 4 nitrogen and oxygen atoms in total. The van der Waals surface area contributed by atoms with Crippen molar-refractivity contribution in [3.63, 3.8) is 0 Å². The molecule has 0 aromatic rings. The number of aliphatic carboxylic acids is 1. The third kappa shape index (κ3) is 2.69. The van der Waals surface area contributed by atoms with Crippen molar-refractivity contribution in [1.29, 1.82) is 0 Å². The largest absolute Gasteiger partial charge is 0.477 e. The molecule has 102 valence electrons. The summed E-state index contributed by atoms with van der Waals surface area (Å²) in [5.74, 6) is -0.191. The van der Waals surface area contributed by atoms with Crippen molar-refractivity contribution < 1.29 is 14.6 Å². The molecule has 0 spiro atoms. The molecule has 2 saturated heterocycles. The van der Waals surface area contributed by atoms with E-state index in [9.17, 15) is 9.90 Å². The van der Waals surface area contributed by atoms with Crippen LogP contribution >= 0.6 is 0 Å². The Morgan fingerprint density at radius 3 is 2.44 bits per heavy atom. The minimum absolute atomic E-state index is 0.398. The molecule has 0 aromatic carbocycles. The number of carboxylic acid groups (broad SMARTS) is 1. The number of allylic oxidation sites excluding steroid dienone is 1. The van der Waals surface area contributed by atoms with E-state index >= 15 is 0 Å². The van der Waals surface area contributed by atoms with Crippen LogP contribution < -0.4 is 0 Å². The predicted molar refractivity (Wildman–Crippen MR) is 69.3 cm³/mol. The van der Waals surface area contributed by atoms with Gasteiger partial charge in [-0.25, -0.2) is 4.79 Å². The van der Waals surface area contributed by atoms with E-state index in [2.05, 4.69) is 4.90 Å². The molecule has 2 aliphatic rings. The zero-order valence-corrected chi connectivity index (χ0v) is 11.3. The zero-order valence-electron chi connectivity index (χ0n) is 11.3. The van der Waals surface area contributed by atoms with Crippen LogP contribution in [0.1, 0.15) is 39.5 Å². The van der Waals surface area contributed by atoms with Crippen LogP contribution in [-0.4, -0.2) is 41.8 Å². The smallest absolute Gasteiger partial charge is 0.352 e. The maximum absolute atomic E-state index is 11.4. The molecule has 18 heavy (non-hydrogen) atoms. The maximum atomic E-state index is 11.4. The van der Waals surface area contributed by atoms with Crippen LogP contribution in [0.5, 0.6) is 0 Å². The lowest BCUT2D eigenvalue weighted by Gasteiger charge is -2.35. The first-order valence-electron chi connectivity index (χ1n) is 6.86. The third-order valence-electron chi connectivity index (χ3n) is 4.07. The summed E-state index contributed by atoms with van der Waals surface area (Å²) in [6.45, 7) is 6.32. The lowest BCUT2D eigenvalue weighted by atomic mass is 9.90. The van der Waals surface area contributed by atoms with Crippen molar-refractivity contribution in [3.8, 4) is 0 Å². The zero-order chi connectivity index (χ0) is 13.1. The lowest BCUT2D eigenvalue weighted by Crippen LogP contribution is -2.40. The van der Waals surface area contributed by atoms with Gasteiger partial charge >= 0.3 is 5.97 Å². The molecule has 1 N–H and O–H groups in total. The Morgan fingerprint density at radius 2 is 1.89 bits per heavy atom. The fourth-order valence-corrected chi connectivity index (χ4v) is 3.28. The Morgan fingerprint density at radius 1 is 1.22 bits per heavy atom. The van der Waals surface area contributed by atoms with Crippen molar-refractivity contribution >= 4 is 5.97 Å². The molecule has 0 unspecified atom stereocenters. The normalized spacial score (nSPS) is 25.2. The monoisotopic (exact) mass is 253 g/mol. The highest BCUT2D eigenvalue weighted by atomic mass is 16.5. The maximum Gasteiger partial charge on any atom is 0.352 e. The fourth-order valence-electron chi connectivity index (χ4n) is 3.28. The van der Waals surface area contributed by atoms with Gasteiger partial charge in [-0.3, -0.25) is 0 Å². The molecule has 2 aliphatic heterocycles. The van der Waals surface area contributed by atoms with Gasteiger partial charge in [-0.2, -0.15) is 0 Å². The second kappa shape index (κ2) is 5.74. The van der Waals surface area contributed by atoms with E-state index in [1.807, 2.05) is 13.8 Å². The highest BCUT2D eigenvalue weighted by molar-refractivity contribution is 5.86. The number of nitrogens with zero attached hydrogens (tertiary/aromatic N) is 1. The van der Waals surface area contributed by atoms with E-state index in [4.69, 9.17) is 4.74 Å². The summed E-state index contributed by atoms with van der Waals surface area (Å²) >= 11 is 0. The second-order valence-corrected chi connectivity index (χ2v) is 5.51. The topological polar surface area (TPSA) is 49.8 Å². The molecule has 2 rings (SSSR count). The van der Waals surface area contributed by atoms with Gasteiger partial charge in [0.15, 0.2) is 0 Å². The number of likely N-dealkylation sites (tertiary alicyclic amines) is 1. The van der Waals surface area contributed by atoms with Crippen molar-refractivity contribution in [2.75, 3.05) is 19.8 Å². The summed E-state index contributed by atoms with van der Waals surface area (Å²) in [7, 11) is 0. The molecular weight excluding hydrogens is 230 g/mol. The van der Waals surface area contributed by atoms with Crippen LogP contribution in [-0.2, 0) is 9.53 Å². The van der Waals surface area contributed by atoms with Crippen molar-refractivity contribution in [2.45, 2.75) is 45.6 Å². The summed E-state index contributed by atoms with van der Waals surface area (Å²) in [5.41, 5.74) is 1.42. The lowest BCUT2D eigenvalue weighted by molar-refractivity contribution is -0.134. The van der Waals surface area contributed by atoms with Gasteiger partial charge < -0.3 is 14.7 Å². The van der Waals surface area contributed by atoms with Gasteiger partial charge in [-0.1, -0.05) is 0 Å². The molecule has 2 heterocycles. The number of carbonyl (C=O) groups is 1. The Hall–Kier alpha value is -1.03. The summed E-state index contributed by atoms with van der Waals surface area (Å²) in [6, 6.07) is 0.398. The van der Waals surface area contributed by atoms with E-state index in [0.29, 0.717) is 17.7 Å². The Bertz CT molecular complexity index is 341. The van der Waals surface area contributed by atoms with Crippen LogP contribution in [0.4, 0.5) is 0 Å². The highest BCUT2D eigenvalue weighted by Gasteiger charge is 2.35. The SMILES string of the molecule is CC(C)=C(C(=O)O)N1CCC[C@@H]1C1CCOCC1. The van der Waals surface area contributed by atoms with Crippen LogP contribution in [0.25, 0.3) is 0 Å². The highest BCUT2D eigenvalue weighted by Crippen LogP contribution is 2.33. The molecule has 2 fully saturated rings. The molecule has 0 radical (unpaired) electrons. The number of carboxylic acids is 1. The number of hydrogen-bond donors (Lipinski definition) is 1. The Balaban J connectivity index is 2.15. The first-order valence-corrected chi connectivity index (χ1v) is 6.86. The molecule has 0 amide bonds. The Labute approximate surface area is 109 Å². The summed E-state index contributed by atoms with van der Waals surface area (Å²) in [4.78, 5) is 13.6. The minimum atomic E-state index is -0.783. The standard InChI is InChI=1S/C14H23NO3/c1-10(2)13(14(16)17)15-7-3-4-12(15)11-5-8-18-9-6-11/h11-12H,3-9H2,1-2H3,(H,16,17)/t12-/m1/s1. The van der Waals surface area contributed by atoms with E-state index in [0.717, 1.165) is 51.0 Å². The molecule has 0 saturated carbocycles. The summed E-state index contributed by atoms with van der Waals surface area (Å²) in [6.07, 6.45) is 4.36. The van der Waals surface area contributed by atoms with Gasteiger partial charge in [0.05, 0.1) is 0 Å². The van der Waals surface area contributed by atoms with E-state index in [1.165, 1.54) is 0 Å². The minimum Gasteiger partial charge on any atom is -0.477 e. The average molecular weight is 253 g/mol. The molecular formula is C14H23NO3. The van der Waals surface area contributed by atoms with Crippen LogP contribution in [0, 0.1) is 5.92 Å². The van der Waals surface area contributed by atoms with Gasteiger partial charge in [-0.05, 0) is 51.0 Å². The Kier molecular flexibility index (Phi) is 4.27. The summed E-state index contributed by atoms with van der Waals surface area (Å²) in [5, 5.41) is 9.40. The van der Waals surface area contributed by atoms with Gasteiger partial charge in [0.1, 0.15) is 5.70 Å². The quantitative estimate of drug-likeness (QED) is 0.784. The first-order chi connectivity index (χ1) is 8.61. The fraction of sp³-hybridized carbons (Fsp3) is 0.786. The van der Waals surface area contributed by atoms with Gasteiger partial charge in [0.2, 0.25) is 0 Å². The average Bonchev–Trinajstić information content (AvgIpc) is 2.78. The van der Waals surface area contributed by atoms with Gasteiger partial charge in [0.25, 0.3) is 0 Å². The van der Waals surface area contributed by atoms with Crippen LogP contribution in [0.2, 0.25) is 0 Å². The second-order valence-electron chi connectivity index (χ2n) is 5.51. The molecule has 0 aromatic heterocycles. The van der Waals surface area contributed by atoms with Gasteiger partial charge in [-0.15, -0.1) is 0 Å². The van der Waals surface area contributed by atoms with Crippen molar-refractivity contribution in [1.82, 2.24) is 4.90 Å². The number of rotatable bonds is 3. The van der Waals surface area contributed by atoms with Crippen molar-refractivity contribution in [2.24, 2.45) is 5.92 Å². The summed E-state index contributed by atoms with van der Waals surface area (Å²) < 4.78 is 5.40. The number of ether oxygens (including phenoxy) is 1. The van der Waals surface area contributed by atoms with Crippen molar-refractivity contribution in [3.05, 3.63) is 11.3 Å². The molecule has 0 aliphatic carbocycles. The van der Waals surface area contributed by atoms with E-state index < -0.39 is 5.97 Å². The van der Waals surface area contributed by atoms with E-state index in [-0.39, 0.29) is 0 Å². The molecule has 0 bridgehead atoms. The van der Waals surface area contributed by atoms with E-state index in [1.54, 1.807) is 0 Å². The third-order valence-corrected chi connectivity index (χ3v) is 4.07. The van der Waals surface area contributed by atoms with Crippen LogP contribution in [0.15, 0.2) is 11.3 Å².